The van der Waals surface area contributed by atoms with Gasteiger partial charge in [-0.05, 0) is 75.1 Å². The van der Waals surface area contributed by atoms with Crippen molar-refractivity contribution in [2.75, 3.05) is 0 Å². The monoisotopic (exact) mass is 666 g/mol. The molecular weight excluding hydrogens is 641 g/mol. The van der Waals surface area contributed by atoms with Crippen LogP contribution in [0.25, 0.3) is 111 Å². The van der Waals surface area contributed by atoms with Gasteiger partial charge in [0.15, 0.2) is 17.5 Å². The summed E-state index contributed by atoms with van der Waals surface area (Å²) < 4.78 is 12.6. The molecule has 0 aliphatic rings. The third-order valence-electron chi connectivity index (χ3n) is 9.99. The molecule has 0 spiro atoms. The van der Waals surface area contributed by atoms with Crippen molar-refractivity contribution >= 4 is 65.4 Å². The topological polar surface area (TPSA) is 77.8 Å². The van der Waals surface area contributed by atoms with Gasteiger partial charge >= 0.3 is 0 Å². The number of hydrogen-bond acceptors (Lipinski definition) is 6. The minimum Gasteiger partial charge on any atom is -0.456 e. The van der Waals surface area contributed by atoms with Crippen molar-refractivity contribution < 1.29 is 8.83 Å². The summed E-state index contributed by atoms with van der Waals surface area (Å²) in [5, 5.41) is 8.48. The van der Waals surface area contributed by atoms with Crippen molar-refractivity contribution in [1.82, 2.24) is 19.9 Å². The number of rotatable bonds is 4. The van der Waals surface area contributed by atoms with Crippen LogP contribution in [-0.4, -0.2) is 19.9 Å². The highest BCUT2D eigenvalue weighted by molar-refractivity contribution is 6.16. The Morgan fingerprint density at radius 2 is 0.981 bits per heavy atom. The Morgan fingerprint density at radius 1 is 0.365 bits per heavy atom. The summed E-state index contributed by atoms with van der Waals surface area (Å²) in [6, 6.07) is 49.8. The van der Waals surface area contributed by atoms with Gasteiger partial charge in [-0.25, -0.2) is 15.0 Å². The molecule has 0 unspecified atom stereocenters. The standard InChI is InChI=1S/C46H26N4O2/c1-2-10-28-23-30(20-19-27(28)9-1)44-48-45(50-46(49-44)35-15-8-18-41-43(35)34-13-5-6-16-38(34)51-41)31-24-29-11-3-4-12-32(29)36(25-31)33-14-7-17-40-42(33)37-26-47-22-21-39(37)52-40/h1-26H. The van der Waals surface area contributed by atoms with E-state index in [1.807, 2.05) is 54.7 Å². The van der Waals surface area contributed by atoms with Gasteiger partial charge in [-0.1, -0.05) is 103 Å². The van der Waals surface area contributed by atoms with Crippen molar-refractivity contribution in [1.29, 1.82) is 0 Å². The predicted molar refractivity (Wildman–Crippen MR) is 209 cm³/mol. The fourth-order valence-electron chi connectivity index (χ4n) is 7.60. The summed E-state index contributed by atoms with van der Waals surface area (Å²) in [7, 11) is 0. The van der Waals surface area contributed by atoms with Crippen LogP contribution in [0, 0.1) is 0 Å². The van der Waals surface area contributed by atoms with Crippen LogP contribution in [0.4, 0.5) is 0 Å². The lowest BCUT2D eigenvalue weighted by atomic mass is 9.92. The lowest BCUT2D eigenvalue weighted by Crippen LogP contribution is -2.01. The Hall–Kier alpha value is -7.18. The van der Waals surface area contributed by atoms with E-state index < -0.39 is 0 Å². The number of nitrogens with zero attached hydrogens (tertiary/aromatic N) is 4. The summed E-state index contributed by atoms with van der Waals surface area (Å²) in [5.41, 5.74) is 8.03. The van der Waals surface area contributed by atoms with Crippen molar-refractivity contribution in [3.8, 4) is 45.3 Å². The van der Waals surface area contributed by atoms with E-state index in [1.54, 1.807) is 6.20 Å². The molecule has 0 aliphatic carbocycles. The van der Waals surface area contributed by atoms with Crippen LogP contribution >= 0.6 is 0 Å². The van der Waals surface area contributed by atoms with Crippen molar-refractivity contribution in [3.05, 3.63) is 158 Å². The molecule has 11 aromatic rings. The van der Waals surface area contributed by atoms with Gasteiger partial charge in [0.1, 0.15) is 22.3 Å². The van der Waals surface area contributed by atoms with Crippen LogP contribution in [0.5, 0.6) is 0 Å². The number of furan rings is 2. The summed E-state index contributed by atoms with van der Waals surface area (Å²) in [6.07, 6.45) is 3.64. The van der Waals surface area contributed by atoms with Gasteiger partial charge in [0.2, 0.25) is 0 Å². The van der Waals surface area contributed by atoms with Crippen molar-refractivity contribution in [2.45, 2.75) is 0 Å². The van der Waals surface area contributed by atoms with Crippen molar-refractivity contribution in [3.63, 3.8) is 0 Å². The minimum absolute atomic E-state index is 0.578. The Balaban J connectivity index is 1.20. The molecule has 4 heterocycles. The number of pyridine rings is 1. The zero-order valence-corrected chi connectivity index (χ0v) is 27.6. The molecule has 0 saturated heterocycles. The van der Waals surface area contributed by atoms with E-state index in [2.05, 4.69) is 102 Å². The molecule has 52 heavy (non-hydrogen) atoms. The minimum atomic E-state index is 0.578. The SMILES string of the molecule is c1ccc2cc(-c3nc(-c4cc(-c5cccc6oc7ccncc7c56)c5ccccc5c4)nc(-c4cccc5oc6ccccc6c45)n3)ccc2c1. The van der Waals surface area contributed by atoms with Gasteiger partial charge < -0.3 is 8.83 Å². The van der Waals surface area contributed by atoms with Gasteiger partial charge in [-0.15, -0.1) is 0 Å². The normalized spacial score (nSPS) is 11.8. The molecule has 0 radical (unpaired) electrons. The Labute approximate surface area is 296 Å². The fraction of sp³-hybridized carbons (Fsp3) is 0. The van der Waals surface area contributed by atoms with E-state index in [-0.39, 0.29) is 0 Å². The Morgan fingerprint density at radius 3 is 1.83 bits per heavy atom. The zero-order valence-electron chi connectivity index (χ0n) is 27.6. The first-order chi connectivity index (χ1) is 25.7. The lowest BCUT2D eigenvalue weighted by Gasteiger charge is -2.13. The largest absolute Gasteiger partial charge is 0.456 e. The molecule has 0 atom stereocenters. The molecule has 0 aliphatic heterocycles. The second-order valence-electron chi connectivity index (χ2n) is 13.0. The highest BCUT2D eigenvalue weighted by Crippen LogP contribution is 2.42. The first-order valence-electron chi connectivity index (χ1n) is 17.2. The van der Waals surface area contributed by atoms with Crippen molar-refractivity contribution in [2.24, 2.45) is 0 Å². The molecule has 7 aromatic carbocycles. The van der Waals surface area contributed by atoms with E-state index in [0.717, 1.165) is 93.2 Å². The molecule has 0 saturated carbocycles. The Kier molecular flexibility index (Phi) is 6.15. The molecule has 0 fully saturated rings. The molecule has 6 heteroatoms. The first-order valence-corrected chi connectivity index (χ1v) is 17.2. The third-order valence-corrected chi connectivity index (χ3v) is 9.99. The zero-order chi connectivity index (χ0) is 34.2. The summed E-state index contributed by atoms with van der Waals surface area (Å²) in [6.45, 7) is 0. The van der Waals surface area contributed by atoms with Gasteiger partial charge in [0, 0.05) is 50.6 Å². The van der Waals surface area contributed by atoms with E-state index in [9.17, 15) is 0 Å². The van der Waals surface area contributed by atoms with E-state index >= 15 is 0 Å². The molecule has 0 bridgehead atoms. The lowest BCUT2D eigenvalue weighted by molar-refractivity contribution is 0.668. The summed E-state index contributed by atoms with van der Waals surface area (Å²) in [4.78, 5) is 20.1. The quantitative estimate of drug-likeness (QED) is 0.186. The van der Waals surface area contributed by atoms with Gasteiger partial charge in [0.05, 0.1) is 0 Å². The first kappa shape index (κ1) is 28.6. The average Bonchev–Trinajstić information content (AvgIpc) is 3.79. The second kappa shape index (κ2) is 11.2. The predicted octanol–water partition coefficient (Wildman–Crippen LogP) is 12.0. The van der Waals surface area contributed by atoms with Crippen LogP contribution in [0.3, 0.4) is 0 Å². The highest BCUT2D eigenvalue weighted by atomic mass is 16.3. The smallest absolute Gasteiger partial charge is 0.164 e. The van der Waals surface area contributed by atoms with Gasteiger partial charge in [0.25, 0.3) is 0 Å². The van der Waals surface area contributed by atoms with Crippen LogP contribution in [-0.2, 0) is 0 Å². The maximum Gasteiger partial charge on any atom is 0.164 e. The van der Waals surface area contributed by atoms with E-state index in [0.29, 0.717) is 17.5 Å². The number of aromatic nitrogens is 4. The Bertz CT molecular complexity index is 3210. The second-order valence-corrected chi connectivity index (χ2v) is 13.0. The molecule has 242 valence electrons. The number of hydrogen-bond donors (Lipinski definition) is 0. The van der Waals surface area contributed by atoms with Crippen LogP contribution < -0.4 is 0 Å². The maximum absolute atomic E-state index is 6.28. The van der Waals surface area contributed by atoms with E-state index in [4.69, 9.17) is 23.8 Å². The molecule has 0 N–H and O–H groups in total. The molecule has 6 nitrogen and oxygen atoms in total. The summed E-state index contributed by atoms with van der Waals surface area (Å²) in [5.74, 6) is 1.75. The third kappa shape index (κ3) is 4.44. The highest BCUT2D eigenvalue weighted by Gasteiger charge is 2.20. The maximum atomic E-state index is 6.28. The van der Waals surface area contributed by atoms with Crippen LogP contribution in [0.15, 0.2) is 167 Å². The fourth-order valence-corrected chi connectivity index (χ4v) is 7.60. The van der Waals surface area contributed by atoms with Crippen LogP contribution in [0.2, 0.25) is 0 Å². The average molecular weight is 667 g/mol. The molecular formula is C46H26N4O2. The van der Waals surface area contributed by atoms with Gasteiger partial charge in [-0.2, -0.15) is 0 Å². The summed E-state index contributed by atoms with van der Waals surface area (Å²) >= 11 is 0. The van der Waals surface area contributed by atoms with Crippen LogP contribution in [0.1, 0.15) is 0 Å². The number of benzene rings is 7. The number of para-hydroxylation sites is 1. The van der Waals surface area contributed by atoms with E-state index in [1.165, 1.54) is 0 Å². The number of fused-ring (bicyclic) bond motifs is 8. The molecule has 4 aromatic heterocycles. The molecule has 11 rings (SSSR count). The molecule has 0 amide bonds. The van der Waals surface area contributed by atoms with Gasteiger partial charge in [-0.3, -0.25) is 4.98 Å².